The molecule has 0 aromatic heterocycles. The fourth-order valence-electron chi connectivity index (χ4n) is 3.92. The second-order valence-corrected chi connectivity index (χ2v) is 7.03. The number of hydrogen-bond donors (Lipinski definition) is 2. The third-order valence-corrected chi connectivity index (χ3v) is 5.41. The first-order valence-corrected chi connectivity index (χ1v) is 8.18. The van der Waals surface area contributed by atoms with Crippen molar-refractivity contribution in [1.29, 1.82) is 0 Å². The van der Waals surface area contributed by atoms with E-state index in [4.69, 9.17) is 0 Å². The van der Waals surface area contributed by atoms with Gasteiger partial charge in [0.1, 0.15) is 0 Å². The zero-order chi connectivity index (χ0) is 15.6. The topological polar surface area (TPSA) is 69.6 Å². The quantitative estimate of drug-likeness (QED) is 0.819. The van der Waals surface area contributed by atoms with Crippen LogP contribution in [0.1, 0.15) is 52.9 Å². The minimum absolute atomic E-state index is 0.0965. The highest BCUT2D eigenvalue weighted by molar-refractivity contribution is 5.80. The predicted octanol–water partition coefficient (Wildman–Crippen LogP) is 2.71. The number of carboxylic acids is 1. The number of rotatable bonds is 5. The van der Waals surface area contributed by atoms with Gasteiger partial charge in [-0.3, -0.25) is 4.79 Å². The summed E-state index contributed by atoms with van der Waals surface area (Å²) in [6.45, 7) is 7.32. The van der Waals surface area contributed by atoms with Crippen LogP contribution in [0.2, 0.25) is 0 Å². The molecule has 120 valence electrons. The van der Waals surface area contributed by atoms with Crippen LogP contribution in [0.25, 0.3) is 0 Å². The van der Waals surface area contributed by atoms with E-state index >= 15 is 0 Å². The summed E-state index contributed by atoms with van der Waals surface area (Å²) < 4.78 is 0. The van der Waals surface area contributed by atoms with Crippen molar-refractivity contribution in [3.05, 3.63) is 0 Å². The molecule has 0 spiro atoms. The van der Waals surface area contributed by atoms with Crippen molar-refractivity contribution < 1.29 is 14.7 Å². The van der Waals surface area contributed by atoms with Crippen molar-refractivity contribution in [2.45, 2.75) is 58.9 Å². The van der Waals surface area contributed by atoms with Crippen molar-refractivity contribution in [1.82, 2.24) is 10.2 Å². The van der Waals surface area contributed by atoms with Gasteiger partial charge in [0.2, 0.25) is 0 Å². The van der Waals surface area contributed by atoms with Crippen LogP contribution in [0, 0.1) is 17.3 Å². The molecule has 21 heavy (non-hydrogen) atoms. The maximum absolute atomic E-state index is 12.3. The summed E-state index contributed by atoms with van der Waals surface area (Å²) in [7, 11) is 0. The third kappa shape index (κ3) is 3.16. The average Bonchev–Trinajstić information content (AvgIpc) is 2.95. The molecule has 2 amide bonds. The monoisotopic (exact) mass is 296 g/mol. The van der Waals surface area contributed by atoms with Crippen LogP contribution in [0.3, 0.4) is 0 Å². The molecule has 0 radical (unpaired) electrons. The largest absolute Gasteiger partial charge is 0.481 e. The van der Waals surface area contributed by atoms with Crippen molar-refractivity contribution in [2.24, 2.45) is 17.3 Å². The fourth-order valence-corrected chi connectivity index (χ4v) is 3.92. The molecule has 1 heterocycles. The van der Waals surface area contributed by atoms with Gasteiger partial charge in [-0.2, -0.15) is 0 Å². The summed E-state index contributed by atoms with van der Waals surface area (Å²) in [6.07, 6.45) is 4.67. The van der Waals surface area contributed by atoms with Gasteiger partial charge in [-0.1, -0.05) is 26.7 Å². The van der Waals surface area contributed by atoms with Crippen molar-refractivity contribution >= 4 is 12.0 Å². The Bertz CT molecular complexity index is 412. The number of amides is 2. The fraction of sp³-hybridized carbons (Fsp3) is 0.875. The van der Waals surface area contributed by atoms with Gasteiger partial charge >= 0.3 is 12.0 Å². The summed E-state index contributed by atoms with van der Waals surface area (Å²) >= 11 is 0. The molecule has 2 rings (SSSR count). The number of carbonyl (C=O) groups excluding carboxylic acids is 1. The highest BCUT2D eigenvalue weighted by Crippen LogP contribution is 2.48. The summed E-state index contributed by atoms with van der Waals surface area (Å²) in [5, 5.41) is 12.6. The highest BCUT2D eigenvalue weighted by atomic mass is 16.4. The number of urea groups is 1. The summed E-state index contributed by atoms with van der Waals surface area (Å²) in [5.74, 6) is -0.0119. The van der Waals surface area contributed by atoms with E-state index in [1.165, 1.54) is 0 Å². The van der Waals surface area contributed by atoms with E-state index in [1.54, 1.807) is 4.90 Å². The number of nitrogens with one attached hydrogen (secondary N) is 1. The molecule has 5 nitrogen and oxygen atoms in total. The molecule has 1 saturated heterocycles. The van der Waals surface area contributed by atoms with Crippen molar-refractivity contribution in [3.63, 3.8) is 0 Å². The van der Waals surface area contributed by atoms with Crippen LogP contribution in [-0.4, -0.2) is 41.1 Å². The first kappa shape index (κ1) is 16.1. The zero-order valence-corrected chi connectivity index (χ0v) is 13.4. The molecule has 1 aliphatic heterocycles. The molecule has 1 saturated carbocycles. The number of likely N-dealkylation sites (tertiary alicyclic amines) is 1. The standard InChI is InChI=1S/C16H28N2O3/c1-4-11(2)8-12(3)17-15(21)18-9-13-6-5-7-16(13,10-18)14(19)20/h11-13H,4-10H2,1-3H3,(H,17,21)(H,19,20)/t11?,12?,13-,16+/m0/s1. The Morgan fingerprint density at radius 1 is 1.43 bits per heavy atom. The normalized spacial score (nSPS) is 30.8. The van der Waals surface area contributed by atoms with Gasteiger partial charge in [-0.25, -0.2) is 4.79 Å². The molecule has 0 aromatic rings. The number of aliphatic carboxylic acids is 1. The smallest absolute Gasteiger partial charge is 0.317 e. The summed E-state index contributed by atoms with van der Waals surface area (Å²) in [4.78, 5) is 25.7. The zero-order valence-electron chi connectivity index (χ0n) is 13.4. The minimum atomic E-state index is -0.729. The molecule has 0 bridgehead atoms. The highest BCUT2D eigenvalue weighted by Gasteiger charge is 2.55. The lowest BCUT2D eigenvalue weighted by Gasteiger charge is -2.25. The van der Waals surface area contributed by atoms with E-state index in [0.717, 1.165) is 25.7 Å². The molecule has 2 fully saturated rings. The maximum atomic E-state index is 12.3. The Hall–Kier alpha value is -1.26. The molecule has 1 aliphatic carbocycles. The number of carboxylic acid groups (broad SMARTS) is 1. The maximum Gasteiger partial charge on any atom is 0.317 e. The van der Waals surface area contributed by atoms with Crippen LogP contribution in [0.15, 0.2) is 0 Å². The number of nitrogens with zero attached hydrogens (tertiary/aromatic N) is 1. The second kappa shape index (κ2) is 6.24. The Morgan fingerprint density at radius 2 is 2.14 bits per heavy atom. The van der Waals surface area contributed by atoms with Gasteiger partial charge in [0.05, 0.1) is 5.41 Å². The third-order valence-electron chi connectivity index (χ3n) is 5.41. The lowest BCUT2D eigenvalue weighted by molar-refractivity contribution is -0.149. The van der Waals surface area contributed by atoms with Crippen LogP contribution in [-0.2, 0) is 4.79 Å². The molecule has 4 atom stereocenters. The SMILES string of the molecule is CCC(C)CC(C)NC(=O)N1C[C@@H]2CCC[C@@]2(C(=O)O)C1. The second-order valence-electron chi connectivity index (χ2n) is 7.03. The minimum Gasteiger partial charge on any atom is -0.481 e. The van der Waals surface area contributed by atoms with Crippen molar-refractivity contribution in [3.8, 4) is 0 Å². The lowest BCUT2D eigenvalue weighted by atomic mass is 9.81. The molecule has 0 aromatic carbocycles. The molecular weight excluding hydrogens is 268 g/mol. The van der Waals surface area contributed by atoms with Crippen molar-refractivity contribution in [2.75, 3.05) is 13.1 Å². The van der Waals surface area contributed by atoms with Crippen LogP contribution >= 0.6 is 0 Å². The van der Waals surface area contributed by atoms with Crippen LogP contribution < -0.4 is 5.32 Å². The predicted molar refractivity (Wildman–Crippen MR) is 81.0 cm³/mol. The van der Waals surface area contributed by atoms with Gasteiger partial charge in [-0.15, -0.1) is 0 Å². The number of carbonyl (C=O) groups is 2. The average molecular weight is 296 g/mol. The first-order chi connectivity index (χ1) is 9.89. The molecule has 2 unspecified atom stereocenters. The number of hydrogen-bond acceptors (Lipinski definition) is 2. The molecule has 2 N–H and O–H groups in total. The Kier molecular flexibility index (Phi) is 4.79. The Balaban J connectivity index is 1.92. The van der Waals surface area contributed by atoms with Gasteiger partial charge in [0, 0.05) is 19.1 Å². The lowest BCUT2D eigenvalue weighted by Crippen LogP contribution is -2.45. The van der Waals surface area contributed by atoms with E-state index in [1.807, 2.05) is 6.92 Å². The van der Waals surface area contributed by atoms with E-state index in [2.05, 4.69) is 19.2 Å². The molecule has 2 aliphatic rings. The van der Waals surface area contributed by atoms with E-state index in [-0.39, 0.29) is 18.0 Å². The van der Waals surface area contributed by atoms with Gasteiger partial charge in [-0.05, 0) is 38.0 Å². The van der Waals surface area contributed by atoms with E-state index in [9.17, 15) is 14.7 Å². The summed E-state index contributed by atoms with van der Waals surface area (Å²) in [6, 6.07) is 0.0366. The van der Waals surface area contributed by atoms with Gasteiger partial charge in [0.25, 0.3) is 0 Å². The van der Waals surface area contributed by atoms with Crippen LogP contribution in [0.5, 0.6) is 0 Å². The van der Waals surface area contributed by atoms with Crippen LogP contribution in [0.4, 0.5) is 4.79 Å². The molecule has 5 heteroatoms. The summed E-state index contributed by atoms with van der Waals surface area (Å²) in [5.41, 5.74) is -0.683. The van der Waals surface area contributed by atoms with Gasteiger partial charge in [0.15, 0.2) is 0 Å². The first-order valence-electron chi connectivity index (χ1n) is 8.18. The number of fused-ring (bicyclic) bond motifs is 1. The Labute approximate surface area is 127 Å². The van der Waals surface area contributed by atoms with Gasteiger partial charge < -0.3 is 15.3 Å². The molecular formula is C16H28N2O3. The Morgan fingerprint density at radius 3 is 2.71 bits per heavy atom. The van der Waals surface area contributed by atoms with E-state index in [0.29, 0.717) is 25.4 Å². The van der Waals surface area contributed by atoms with E-state index < -0.39 is 11.4 Å².